The van der Waals surface area contributed by atoms with E-state index in [0.29, 0.717) is 6.54 Å². The molecule has 1 aliphatic heterocycles. The second kappa shape index (κ2) is 4.67. The molecule has 1 aromatic rings. The smallest absolute Gasteiger partial charge is 0.234 e. The SMILES string of the molecule is O=C1CN(Cc2cc(Br)c(Br)[nH]2)CCN1. The van der Waals surface area contributed by atoms with Gasteiger partial charge in [-0.1, -0.05) is 0 Å². The van der Waals surface area contributed by atoms with Crippen LogP contribution in [0.4, 0.5) is 0 Å². The molecule has 4 nitrogen and oxygen atoms in total. The number of carbonyl (C=O) groups is 1. The molecule has 0 bridgehead atoms. The lowest BCUT2D eigenvalue weighted by atomic mass is 10.3. The topological polar surface area (TPSA) is 48.1 Å². The number of piperazine rings is 1. The van der Waals surface area contributed by atoms with Crippen molar-refractivity contribution in [2.75, 3.05) is 19.6 Å². The van der Waals surface area contributed by atoms with Gasteiger partial charge in [0.2, 0.25) is 5.91 Å². The molecule has 0 spiro atoms. The van der Waals surface area contributed by atoms with E-state index in [9.17, 15) is 4.79 Å². The maximum atomic E-state index is 11.2. The van der Waals surface area contributed by atoms with Crippen LogP contribution >= 0.6 is 31.9 Å². The van der Waals surface area contributed by atoms with Crippen molar-refractivity contribution in [2.24, 2.45) is 0 Å². The monoisotopic (exact) mass is 335 g/mol. The van der Waals surface area contributed by atoms with Gasteiger partial charge in [0.1, 0.15) is 0 Å². The Morgan fingerprint density at radius 3 is 2.87 bits per heavy atom. The molecule has 1 aromatic heterocycles. The van der Waals surface area contributed by atoms with Gasteiger partial charge < -0.3 is 10.3 Å². The predicted molar refractivity (Wildman–Crippen MR) is 64.5 cm³/mol. The summed E-state index contributed by atoms with van der Waals surface area (Å²) in [6.45, 7) is 2.90. The third kappa shape index (κ3) is 2.83. The minimum Gasteiger partial charge on any atom is -0.354 e. The molecule has 15 heavy (non-hydrogen) atoms. The molecular weight excluding hydrogens is 326 g/mol. The van der Waals surface area contributed by atoms with Crippen LogP contribution in [0.3, 0.4) is 0 Å². The first-order chi connectivity index (χ1) is 7.15. The Morgan fingerprint density at radius 2 is 2.27 bits per heavy atom. The van der Waals surface area contributed by atoms with E-state index in [1.807, 2.05) is 6.07 Å². The van der Waals surface area contributed by atoms with Gasteiger partial charge >= 0.3 is 0 Å². The molecule has 2 N–H and O–H groups in total. The summed E-state index contributed by atoms with van der Waals surface area (Å²) in [5.74, 6) is 0.103. The molecule has 2 heterocycles. The Kier molecular flexibility index (Phi) is 3.48. The van der Waals surface area contributed by atoms with Crippen LogP contribution in [0, 0.1) is 0 Å². The third-order valence-electron chi connectivity index (χ3n) is 2.29. The van der Waals surface area contributed by atoms with Crippen LogP contribution in [0.1, 0.15) is 5.69 Å². The number of H-pyrrole nitrogens is 1. The molecule has 0 atom stereocenters. The van der Waals surface area contributed by atoms with Crippen LogP contribution in [0.2, 0.25) is 0 Å². The van der Waals surface area contributed by atoms with E-state index in [1.165, 1.54) is 0 Å². The van der Waals surface area contributed by atoms with Gasteiger partial charge in [-0.25, -0.2) is 0 Å². The van der Waals surface area contributed by atoms with Gasteiger partial charge in [0.25, 0.3) is 0 Å². The van der Waals surface area contributed by atoms with Gasteiger partial charge in [0.05, 0.1) is 11.1 Å². The molecular formula is C9H11Br2N3O. The molecule has 2 rings (SSSR count). The number of aromatic amines is 1. The number of hydrogen-bond acceptors (Lipinski definition) is 2. The highest BCUT2D eigenvalue weighted by atomic mass is 79.9. The lowest BCUT2D eigenvalue weighted by Crippen LogP contribution is -2.47. The van der Waals surface area contributed by atoms with Crippen molar-refractivity contribution < 1.29 is 4.79 Å². The molecule has 0 unspecified atom stereocenters. The largest absolute Gasteiger partial charge is 0.354 e. The van der Waals surface area contributed by atoms with E-state index in [1.54, 1.807) is 0 Å². The van der Waals surface area contributed by atoms with Gasteiger partial charge in [-0.05, 0) is 37.9 Å². The van der Waals surface area contributed by atoms with Crippen molar-refractivity contribution in [2.45, 2.75) is 6.54 Å². The molecule has 0 aromatic carbocycles. The van der Waals surface area contributed by atoms with Gasteiger partial charge in [-0.2, -0.15) is 0 Å². The number of halogens is 2. The zero-order valence-corrected chi connectivity index (χ0v) is 11.2. The first-order valence-electron chi connectivity index (χ1n) is 4.67. The van der Waals surface area contributed by atoms with Gasteiger partial charge in [-0.15, -0.1) is 0 Å². The van der Waals surface area contributed by atoms with Crippen molar-refractivity contribution in [3.8, 4) is 0 Å². The highest BCUT2D eigenvalue weighted by molar-refractivity contribution is 9.13. The lowest BCUT2D eigenvalue weighted by Gasteiger charge is -2.25. The maximum absolute atomic E-state index is 11.2. The number of aromatic nitrogens is 1. The summed E-state index contributed by atoms with van der Waals surface area (Å²) in [4.78, 5) is 16.5. The molecule has 6 heteroatoms. The Bertz CT molecular complexity index is 358. The number of amides is 1. The summed E-state index contributed by atoms with van der Waals surface area (Å²) >= 11 is 6.81. The van der Waals surface area contributed by atoms with Crippen molar-refractivity contribution in [3.63, 3.8) is 0 Å². The fourth-order valence-electron chi connectivity index (χ4n) is 1.61. The molecule has 0 saturated carbocycles. The van der Waals surface area contributed by atoms with Crippen molar-refractivity contribution >= 4 is 37.8 Å². The summed E-state index contributed by atoms with van der Waals surface area (Å²) in [6.07, 6.45) is 0. The average molecular weight is 337 g/mol. The normalized spacial score (nSPS) is 17.9. The van der Waals surface area contributed by atoms with Gasteiger partial charge in [0, 0.05) is 29.8 Å². The summed E-state index contributed by atoms with van der Waals surface area (Å²) in [7, 11) is 0. The van der Waals surface area contributed by atoms with E-state index >= 15 is 0 Å². The van der Waals surface area contributed by atoms with E-state index in [2.05, 4.69) is 47.1 Å². The third-order valence-corrected chi connectivity index (χ3v) is 4.08. The zero-order chi connectivity index (χ0) is 10.8. The number of carbonyl (C=O) groups excluding carboxylic acids is 1. The molecule has 82 valence electrons. The molecule has 0 aliphatic carbocycles. The van der Waals surface area contributed by atoms with Crippen molar-refractivity contribution in [1.82, 2.24) is 15.2 Å². The highest BCUT2D eigenvalue weighted by Gasteiger charge is 2.16. The summed E-state index contributed by atoms with van der Waals surface area (Å²) in [5.41, 5.74) is 1.10. The maximum Gasteiger partial charge on any atom is 0.234 e. The predicted octanol–water partition coefficient (Wildman–Crippen LogP) is 1.47. The van der Waals surface area contributed by atoms with E-state index < -0.39 is 0 Å². The minimum atomic E-state index is 0.103. The van der Waals surface area contributed by atoms with Gasteiger partial charge in [-0.3, -0.25) is 9.69 Å². The van der Waals surface area contributed by atoms with Crippen LogP contribution in [0.25, 0.3) is 0 Å². The van der Waals surface area contributed by atoms with Crippen molar-refractivity contribution in [1.29, 1.82) is 0 Å². The summed E-state index contributed by atoms with van der Waals surface area (Å²) < 4.78 is 1.96. The Labute approximate surface area is 105 Å². The fraction of sp³-hybridized carbons (Fsp3) is 0.444. The van der Waals surface area contributed by atoms with Gasteiger partial charge in [0.15, 0.2) is 0 Å². The first-order valence-corrected chi connectivity index (χ1v) is 6.25. The highest BCUT2D eigenvalue weighted by Crippen LogP contribution is 2.23. The van der Waals surface area contributed by atoms with Crippen LogP contribution < -0.4 is 5.32 Å². The summed E-state index contributed by atoms with van der Waals surface area (Å²) in [5, 5.41) is 2.81. The molecule has 0 radical (unpaired) electrons. The molecule has 1 saturated heterocycles. The minimum absolute atomic E-state index is 0.103. The number of nitrogens with one attached hydrogen (secondary N) is 2. The Morgan fingerprint density at radius 1 is 1.47 bits per heavy atom. The van der Waals surface area contributed by atoms with Crippen LogP contribution in [-0.4, -0.2) is 35.4 Å². The van der Waals surface area contributed by atoms with E-state index in [4.69, 9.17) is 0 Å². The van der Waals surface area contributed by atoms with Crippen molar-refractivity contribution in [3.05, 3.63) is 20.8 Å². The van der Waals surface area contributed by atoms with Crippen LogP contribution in [0.5, 0.6) is 0 Å². The number of nitrogens with zero attached hydrogens (tertiary/aromatic N) is 1. The van der Waals surface area contributed by atoms with Crippen LogP contribution in [-0.2, 0) is 11.3 Å². The lowest BCUT2D eigenvalue weighted by molar-refractivity contribution is -0.124. The first kappa shape index (κ1) is 11.2. The quantitative estimate of drug-likeness (QED) is 0.859. The Hall–Kier alpha value is -0.330. The Balaban J connectivity index is 1.99. The number of hydrogen-bond donors (Lipinski definition) is 2. The molecule has 1 amide bonds. The molecule has 1 fully saturated rings. The van der Waals surface area contributed by atoms with Crippen LogP contribution in [0.15, 0.2) is 15.1 Å². The second-order valence-corrected chi connectivity index (χ2v) is 5.16. The average Bonchev–Trinajstić information content (AvgIpc) is 2.45. The number of rotatable bonds is 2. The zero-order valence-electron chi connectivity index (χ0n) is 8.02. The second-order valence-electron chi connectivity index (χ2n) is 3.52. The van der Waals surface area contributed by atoms with E-state index in [-0.39, 0.29) is 5.91 Å². The standard InChI is InChI=1S/C9H11Br2N3O/c10-7-3-6(13-9(7)11)4-14-2-1-12-8(15)5-14/h3,13H,1-2,4-5H2,(H,12,15). The molecule has 1 aliphatic rings. The fourth-order valence-corrected chi connectivity index (χ4v) is 2.35. The van der Waals surface area contributed by atoms with E-state index in [0.717, 1.165) is 34.4 Å². The summed E-state index contributed by atoms with van der Waals surface area (Å²) in [6, 6.07) is 2.02.